The van der Waals surface area contributed by atoms with Crippen LogP contribution >= 0.6 is 11.6 Å². The number of anilines is 1. The predicted molar refractivity (Wildman–Crippen MR) is 85.2 cm³/mol. The topological polar surface area (TPSA) is 3.24 Å². The molecule has 0 aliphatic carbocycles. The smallest absolute Gasteiger partial charge is 0.0505 e. The molecule has 0 unspecified atom stereocenters. The van der Waals surface area contributed by atoms with E-state index >= 15 is 0 Å². The number of hydrogen-bond donors (Lipinski definition) is 0. The fraction of sp³-hybridized carbons (Fsp3) is 0.294. The first-order valence-electron chi connectivity index (χ1n) is 6.70. The fourth-order valence-electron chi connectivity index (χ4n) is 2.29. The molecule has 0 fully saturated rings. The first-order chi connectivity index (χ1) is 9.13. The van der Waals surface area contributed by atoms with Crippen LogP contribution in [0.15, 0.2) is 42.5 Å². The minimum atomic E-state index is 0.810. The lowest BCUT2D eigenvalue weighted by Gasteiger charge is -2.23. The molecular formula is C17H20ClN. The second kappa shape index (κ2) is 6.12. The van der Waals surface area contributed by atoms with E-state index in [-0.39, 0.29) is 0 Å². The largest absolute Gasteiger partial charge is 0.374 e. The lowest BCUT2D eigenvalue weighted by atomic mass is 10.0. The van der Waals surface area contributed by atoms with Crippen molar-refractivity contribution in [1.29, 1.82) is 0 Å². The van der Waals surface area contributed by atoms with E-state index in [1.54, 1.807) is 0 Å². The van der Waals surface area contributed by atoms with Crippen molar-refractivity contribution in [1.82, 2.24) is 0 Å². The van der Waals surface area contributed by atoms with E-state index in [0.29, 0.717) is 0 Å². The highest BCUT2D eigenvalue weighted by Crippen LogP contribution is 2.36. The number of nitrogens with zero attached hydrogens (tertiary/aromatic N) is 1. The van der Waals surface area contributed by atoms with Crippen LogP contribution in [0.4, 0.5) is 5.69 Å². The van der Waals surface area contributed by atoms with Crippen molar-refractivity contribution in [3.8, 4) is 11.1 Å². The lowest BCUT2D eigenvalue weighted by Crippen LogP contribution is -2.18. The van der Waals surface area contributed by atoms with Crippen LogP contribution in [0.5, 0.6) is 0 Å². The summed E-state index contributed by atoms with van der Waals surface area (Å²) in [6, 6.07) is 14.6. The zero-order chi connectivity index (χ0) is 13.8. The molecule has 0 saturated heterocycles. The number of rotatable bonds is 4. The lowest BCUT2D eigenvalue weighted by molar-refractivity contribution is 0.853. The number of halogens is 1. The predicted octanol–water partition coefficient (Wildman–Crippen LogP) is 5.16. The molecule has 2 aromatic carbocycles. The molecule has 2 aromatic rings. The van der Waals surface area contributed by atoms with Crippen molar-refractivity contribution in [2.75, 3.05) is 18.5 Å². The summed E-state index contributed by atoms with van der Waals surface area (Å²) in [6.45, 7) is 5.31. The van der Waals surface area contributed by atoms with Crippen molar-refractivity contribution in [3.63, 3.8) is 0 Å². The summed E-state index contributed by atoms with van der Waals surface area (Å²) in [5, 5.41) is 0.810. The highest BCUT2D eigenvalue weighted by Gasteiger charge is 2.12. The van der Waals surface area contributed by atoms with Gasteiger partial charge in [-0.05, 0) is 31.0 Å². The second-order valence-corrected chi connectivity index (χ2v) is 5.33. The van der Waals surface area contributed by atoms with Gasteiger partial charge >= 0.3 is 0 Å². The summed E-state index contributed by atoms with van der Waals surface area (Å²) in [5.41, 5.74) is 4.76. The van der Waals surface area contributed by atoms with Gasteiger partial charge in [-0.1, -0.05) is 54.4 Å². The highest BCUT2D eigenvalue weighted by atomic mass is 35.5. The maximum Gasteiger partial charge on any atom is 0.0505 e. The van der Waals surface area contributed by atoms with Crippen LogP contribution in [0, 0.1) is 6.92 Å². The van der Waals surface area contributed by atoms with Crippen LogP contribution in [0.25, 0.3) is 11.1 Å². The average molecular weight is 274 g/mol. The number of aryl methyl sites for hydroxylation is 1. The van der Waals surface area contributed by atoms with E-state index in [0.717, 1.165) is 23.6 Å². The highest BCUT2D eigenvalue weighted by molar-refractivity contribution is 6.34. The molecule has 0 heterocycles. The Kier molecular flexibility index (Phi) is 4.49. The molecule has 0 bridgehead atoms. The van der Waals surface area contributed by atoms with Gasteiger partial charge in [0.15, 0.2) is 0 Å². The minimum absolute atomic E-state index is 0.810. The van der Waals surface area contributed by atoms with Gasteiger partial charge in [0.05, 0.1) is 5.02 Å². The van der Waals surface area contributed by atoms with Gasteiger partial charge in [0.1, 0.15) is 0 Å². The van der Waals surface area contributed by atoms with E-state index in [1.807, 2.05) is 12.1 Å². The molecule has 0 atom stereocenters. The Balaban J connectivity index is 2.51. The van der Waals surface area contributed by atoms with Crippen LogP contribution in [0.3, 0.4) is 0 Å². The Morgan fingerprint density at radius 1 is 1.05 bits per heavy atom. The van der Waals surface area contributed by atoms with Crippen molar-refractivity contribution in [3.05, 3.63) is 53.1 Å². The first kappa shape index (κ1) is 14.0. The SMILES string of the molecule is CCCN(C)c1cccc(Cl)c1-c1ccc(C)cc1. The van der Waals surface area contributed by atoms with Crippen molar-refractivity contribution >= 4 is 17.3 Å². The Labute approximate surface area is 120 Å². The fourth-order valence-corrected chi connectivity index (χ4v) is 2.57. The van der Waals surface area contributed by atoms with Crippen LogP contribution < -0.4 is 4.90 Å². The Hall–Kier alpha value is -1.47. The molecule has 2 heteroatoms. The molecule has 0 saturated carbocycles. The standard InChI is InChI=1S/C17H20ClN/c1-4-12-19(3)16-7-5-6-15(18)17(16)14-10-8-13(2)9-11-14/h5-11H,4,12H2,1-3H3. The third kappa shape index (κ3) is 3.10. The Morgan fingerprint density at radius 3 is 2.37 bits per heavy atom. The van der Waals surface area contributed by atoms with E-state index in [1.165, 1.54) is 16.8 Å². The molecule has 2 rings (SSSR count). The zero-order valence-corrected chi connectivity index (χ0v) is 12.5. The average Bonchev–Trinajstić information content (AvgIpc) is 2.40. The van der Waals surface area contributed by atoms with Crippen LogP contribution in [0.1, 0.15) is 18.9 Å². The van der Waals surface area contributed by atoms with Gasteiger partial charge in [-0.15, -0.1) is 0 Å². The number of hydrogen-bond acceptors (Lipinski definition) is 1. The maximum absolute atomic E-state index is 6.42. The molecule has 0 N–H and O–H groups in total. The first-order valence-corrected chi connectivity index (χ1v) is 7.08. The quantitative estimate of drug-likeness (QED) is 0.744. The van der Waals surface area contributed by atoms with Gasteiger partial charge in [-0.25, -0.2) is 0 Å². The van der Waals surface area contributed by atoms with Crippen molar-refractivity contribution in [2.45, 2.75) is 20.3 Å². The molecule has 0 aromatic heterocycles. The summed E-state index contributed by atoms with van der Waals surface area (Å²) in [5.74, 6) is 0. The van der Waals surface area contributed by atoms with Crippen LogP contribution in [0.2, 0.25) is 5.02 Å². The maximum atomic E-state index is 6.42. The summed E-state index contributed by atoms with van der Waals surface area (Å²) in [4.78, 5) is 2.26. The molecular weight excluding hydrogens is 254 g/mol. The molecule has 0 spiro atoms. The van der Waals surface area contributed by atoms with Gasteiger partial charge in [-0.2, -0.15) is 0 Å². The van der Waals surface area contributed by atoms with Crippen molar-refractivity contribution in [2.24, 2.45) is 0 Å². The van der Waals surface area contributed by atoms with Gasteiger partial charge in [-0.3, -0.25) is 0 Å². The Bertz CT molecular complexity index is 546. The van der Waals surface area contributed by atoms with Crippen LogP contribution in [-0.4, -0.2) is 13.6 Å². The van der Waals surface area contributed by atoms with Gasteiger partial charge < -0.3 is 4.90 Å². The van der Waals surface area contributed by atoms with Crippen molar-refractivity contribution < 1.29 is 0 Å². The van der Waals surface area contributed by atoms with E-state index in [9.17, 15) is 0 Å². The van der Waals surface area contributed by atoms with Gasteiger partial charge in [0, 0.05) is 24.8 Å². The van der Waals surface area contributed by atoms with E-state index < -0.39 is 0 Å². The zero-order valence-electron chi connectivity index (χ0n) is 11.8. The molecule has 0 radical (unpaired) electrons. The van der Waals surface area contributed by atoms with Crippen LogP contribution in [-0.2, 0) is 0 Å². The number of benzene rings is 2. The van der Waals surface area contributed by atoms with Gasteiger partial charge in [0.2, 0.25) is 0 Å². The second-order valence-electron chi connectivity index (χ2n) is 4.92. The summed E-state index contributed by atoms with van der Waals surface area (Å²) in [7, 11) is 2.12. The minimum Gasteiger partial charge on any atom is -0.374 e. The van der Waals surface area contributed by atoms with E-state index in [2.05, 4.69) is 56.1 Å². The monoisotopic (exact) mass is 273 g/mol. The summed E-state index contributed by atoms with van der Waals surface area (Å²) >= 11 is 6.42. The molecule has 1 nitrogen and oxygen atoms in total. The Morgan fingerprint density at radius 2 is 1.74 bits per heavy atom. The third-order valence-electron chi connectivity index (χ3n) is 3.30. The van der Waals surface area contributed by atoms with Gasteiger partial charge in [0.25, 0.3) is 0 Å². The summed E-state index contributed by atoms with van der Waals surface area (Å²) < 4.78 is 0. The molecule has 19 heavy (non-hydrogen) atoms. The third-order valence-corrected chi connectivity index (χ3v) is 3.62. The molecule has 0 amide bonds. The molecule has 100 valence electrons. The molecule has 0 aliphatic heterocycles. The molecule has 0 aliphatic rings. The summed E-state index contributed by atoms with van der Waals surface area (Å²) in [6.07, 6.45) is 1.12. The van der Waals surface area contributed by atoms with E-state index in [4.69, 9.17) is 11.6 Å². The normalized spacial score (nSPS) is 10.5.